The van der Waals surface area contributed by atoms with Crippen LogP contribution in [-0.4, -0.2) is 35.2 Å². The first-order valence-electron chi connectivity index (χ1n) is 6.48. The second-order valence-electron chi connectivity index (χ2n) is 4.27. The maximum absolute atomic E-state index is 12.1. The van der Waals surface area contributed by atoms with E-state index >= 15 is 0 Å². The molecule has 0 saturated heterocycles. The zero-order valence-corrected chi connectivity index (χ0v) is 14.1. The highest BCUT2D eigenvalue weighted by molar-refractivity contribution is 9.10. The molecule has 1 aromatic heterocycles. The van der Waals surface area contributed by atoms with Gasteiger partial charge in [0, 0.05) is 26.3 Å². The molecule has 0 saturated carbocycles. The van der Waals surface area contributed by atoms with E-state index in [0.717, 1.165) is 13.0 Å². The Balaban J connectivity index is 2.64. The average Bonchev–Trinajstić information content (AvgIpc) is 2.77. The van der Waals surface area contributed by atoms with Gasteiger partial charge in [-0.3, -0.25) is 0 Å². The van der Waals surface area contributed by atoms with Gasteiger partial charge in [-0.15, -0.1) is 0 Å². The van der Waals surface area contributed by atoms with Crippen LogP contribution >= 0.6 is 15.9 Å². The van der Waals surface area contributed by atoms with Crippen LogP contribution in [0.5, 0.6) is 0 Å². The lowest BCUT2D eigenvalue weighted by molar-refractivity contribution is 0.196. The van der Waals surface area contributed by atoms with Crippen molar-refractivity contribution in [1.29, 1.82) is 0 Å². The van der Waals surface area contributed by atoms with Crippen molar-refractivity contribution >= 4 is 26.0 Å². The molecule has 1 aromatic rings. The molecule has 8 heteroatoms. The van der Waals surface area contributed by atoms with Gasteiger partial charge in [-0.2, -0.15) is 0 Å². The lowest BCUT2D eigenvalue weighted by Gasteiger charge is -2.04. The first-order valence-corrected chi connectivity index (χ1v) is 8.76. The van der Waals surface area contributed by atoms with Crippen molar-refractivity contribution in [1.82, 2.24) is 10.0 Å². The number of hydrogen-bond donors (Lipinski definition) is 2. The van der Waals surface area contributed by atoms with E-state index in [-0.39, 0.29) is 9.56 Å². The molecule has 0 aliphatic rings. The Kier molecular flexibility index (Phi) is 7.75. The summed E-state index contributed by atoms with van der Waals surface area (Å²) in [5.74, 6) is 0.586. The first kappa shape index (κ1) is 17.6. The van der Waals surface area contributed by atoms with E-state index in [9.17, 15) is 8.42 Å². The van der Waals surface area contributed by atoms with Crippen LogP contribution in [-0.2, 0) is 21.3 Å². The van der Waals surface area contributed by atoms with Crippen LogP contribution in [0.15, 0.2) is 20.0 Å². The third-order valence-corrected chi connectivity index (χ3v) is 4.86. The van der Waals surface area contributed by atoms with Crippen molar-refractivity contribution in [3.8, 4) is 0 Å². The number of nitrogens with one attached hydrogen (secondary N) is 2. The van der Waals surface area contributed by atoms with Gasteiger partial charge in [0.2, 0.25) is 10.0 Å². The molecule has 20 heavy (non-hydrogen) atoms. The molecule has 0 unspecified atom stereocenters. The number of rotatable bonds is 10. The molecule has 6 nitrogen and oxygen atoms in total. The molecule has 1 heterocycles. The summed E-state index contributed by atoms with van der Waals surface area (Å²) in [5, 5.41) is 3.16. The number of furan rings is 1. The molecule has 1 rings (SSSR count). The zero-order valence-electron chi connectivity index (χ0n) is 11.7. The predicted molar refractivity (Wildman–Crippen MR) is 80.1 cm³/mol. The Morgan fingerprint density at radius 2 is 2.15 bits per heavy atom. The van der Waals surface area contributed by atoms with Gasteiger partial charge in [0.05, 0.1) is 6.54 Å². The Morgan fingerprint density at radius 3 is 2.80 bits per heavy atom. The number of hydrogen-bond acceptors (Lipinski definition) is 5. The second kappa shape index (κ2) is 8.78. The molecule has 2 N–H and O–H groups in total. The third kappa shape index (κ3) is 5.53. The summed E-state index contributed by atoms with van der Waals surface area (Å²) in [5.41, 5.74) is 0. The van der Waals surface area contributed by atoms with Gasteiger partial charge in [0.1, 0.15) is 10.7 Å². The molecule has 0 radical (unpaired) electrons. The normalized spacial score (nSPS) is 11.9. The molecule has 0 bridgehead atoms. The molecular weight excluding hydrogens is 348 g/mol. The number of sulfonamides is 1. The van der Waals surface area contributed by atoms with Gasteiger partial charge in [-0.1, -0.05) is 6.92 Å². The van der Waals surface area contributed by atoms with Gasteiger partial charge in [-0.05, 0) is 35.3 Å². The first-order chi connectivity index (χ1) is 9.51. The van der Waals surface area contributed by atoms with E-state index in [2.05, 4.69) is 32.9 Å². The molecule has 0 aromatic carbocycles. The van der Waals surface area contributed by atoms with Crippen molar-refractivity contribution in [3.63, 3.8) is 0 Å². The highest BCUT2D eigenvalue weighted by atomic mass is 79.9. The standard InChI is InChI=1S/C12H21BrN2O4S/c1-3-5-14-9-10-8-11(12(13)19-10)20(16,17)15-6-4-7-18-2/h8,14-15H,3-7,9H2,1-2H3. The lowest BCUT2D eigenvalue weighted by Crippen LogP contribution is -2.25. The van der Waals surface area contributed by atoms with Crippen LogP contribution in [0, 0.1) is 0 Å². The van der Waals surface area contributed by atoms with Crippen molar-refractivity contribution in [2.45, 2.75) is 31.2 Å². The van der Waals surface area contributed by atoms with E-state index in [4.69, 9.17) is 9.15 Å². The molecule has 116 valence electrons. The van der Waals surface area contributed by atoms with Gasteiger partial charge in [-0.25, -0.2) is 13.1 Å². The van der Waals surface area contributed by atoms with Gasteiger partial charge >= 0.3 is 0 Å². The second-order valence-corrected chi connectivity index (χ2v) is 6.73. The van der Waals surface area contributed by atoms with E-state index in [0.29, 0.717) is 31.9 Å². The van der Waals surface area contributed by atoms with Crippen molar-refractivity contribution in [2.24, 2.45) is 0 Å². The van der Waals surface area contributed by atoms with Gasteiger partial charge in [0.15, 0.2) is 4.67 Å². The minimum atomic E-state index is -3.56. The summed E-state index contributed by atoms with van der Waals surface area (Å²) in [6, 6.07) is 1.53. The van der Waals surface area contributed by atoms with E-state index in [1.165, 1.54) is 6.07 Å². The van der Waals surface area contributed by atoms with Crippen LogP contribution < -0.4 is 10.0 Å². The molecular formula is C12H21BrN2O4S. The van der Waals surface area contributed by atoms with Crippen LogP contribution in [0.4, 0.5) is 0 Å². The maximum atomic E-state index is 12.1. The van der Waals surface area contributed by atoms with Gasteiger partial charge < -0.3 is 14.5 Å². The molecule has 0 atom stereocenters. The SMILES string of the molecule is CCCNCc1cc(S(=O)(=O)NCCCOC)c(Br)o1. The average molecular weight is 369 g/mol. The Labute approximate surface area is 128 Å². The van der Waals surface area contributed by atoms with Crippen molar-refractivity contribution < 1.29 is 17.6 Å². The topological polar surface area (TPSA) is 80.6 Å². The summed E-state index contributed by atoms with van der Waals surface area (Å²) in [4.78, 5) is 0.128. The lowest BCUT2D eigenvalue weighted by atomic mass is 10.4. The minimum absolute atomic E-state index is 0.128. The number of ether oxygens (including phenoxy) is 1. The van der Waals surface area contributed by atoms with Crippen molar-refractivity contribution in [2.75, 3.05) is 26.8 Å². The minimum Gasteiger partial charge on any atom is -0.452 e. The maximum Gasteiger partial charge on any atom is 0.244 e. The van der Waals surface area contributed by atoms with E-state index in [1.807, 2.05) is 0 Å². The largest absolute Gasteiger partial charge is 0.452 e. The van der Waals surface area contributed by atoms with Crippen LogP contribution in [0.2, 0.25) is 0 Å². The summed E-state index contributed by atoms with van der Waals surface area (Å²) in [6.07, 6.45) is 1.63. The summed E-state index contributed by atoms with van der Waals surface area (Å²) in [6.45, 7) is 4.27. The highest BCUT2D eigenvalue weighted by Gasteiger charge is 2.21. The van der Waals surface area contributed by atoms with E-state index < -0.39 is 10.0 Å². The van der Waals surface area contributed by atoms with Crippen LogP contribution in [0.25, 0.3) is 0 Å². The monoisotopic (exact) mass is 368 g/mol. The third-order valence-electron chi connectivity index (χ3n) is 2.54. The quantitative estimate of drug-likeness (QED) is 0.616. The van der Waals surface area contributed by atoms with Crippen LogP contribution in [0.1, 0.15) is 25.5 Å². The predicted octanol–water partition coefficient (Wildman–Crippen LogP) is 1.86. The van der Waals surface area contributed by atoms with Crippen molar-refractivity contribution in [3.05, 3.63) is 16.5 Å². The fourth-order valence-corrected chi connectivity index (χ4v) is 3.63. The van der Waals surface area contributed by atoms with E-state index in [1.54, 1.807) is 7.11 Å². The number of methoxy groups -OCH3 is 1. The van der Waals surface area contributed by atoms with Crippen LogP contribution in [0.3, 0.4) is 0 Å². The smallest absolute Gasteiger partial charge is 0.244 e. The molecule has 0 amide bonds. The molecule has 0 fully saturated rings. The number of halogens is 1. The fraction of sp³-hybridized carbons (Fsp3) is 0.667. The Hall–Kier alpha value is -0.410. The van der Waals surface area contributed by atoms with Gasteiger partial charge in [0.25, 0.3) is 0 Å². The molecule has 0 aliphatic carbocycles. The molecule has 0 aliphatic heterocycles. The fourth-order valence-electron chi connectivity index (χ4n) is 1.56. The zero-order chi connectivity index (χ0) is 15.0. The summed E-state index contributed by atoms with van der Waals surface area (Å²) >= 11 is 3.15. The summed E-state index contributed by atoms with van der Waals surface area (Å²) < 4.78 is 37.2. The highest BCUT2D eigenvalue weighted by Crippen LogP contribution is 2.25. The molecule has 0 spiro atoms. The Morgan fingerprint density at radius 1 is 1.40 bits per heavy atom. The summed E-state index contributed by atoms with van der Waals surface area (Å²) in [7, 11) is -1.98. The Bertz CT molecular complexity index is 502.